The standard InChI is InChI=1S/C19H20F2N6O2/c1-12-4-2-3-6-25(12)16-5-7-26-18(23-16)24-27(19(26)29)11-17(28)22-15-9-13(20)8-14(21)10-15/h5,7-10,12H,2-4,6,11H2,1H3,(H,22,28)/t12-/m1/s1. The van der Waals surface area contributed by atoms with E-state index in [1.165, 1.54) is 10.8 Å². The van der Waals surface area contributed by atoms with E-state index in [0.717, 1.165) is 42.0 Å². The van der Waals surface area contributed by atoms with Gasteiger partial charge in [-0.15, -0.1) is 5.10 Å². The third kappa shape index (κ3) is 3.96. The number of hydrogen-bond donors (Lipinski definition) is 1. The first-order chi connectivity index (χ1) is 13.9. The van der Waals surface area contributed by atoms with Gasteiger partial charge in [0.25, 0.3) is 5.78 Å². The molecule has 3 aromatic rings. The highest BCUT2D eigenvalue weighted by Crippen LogP contribution is 2.22. The van der Waals surface area contributed by atoms with Crippen molar-refractivity contribution < 1.29 is 13.6 Å². The summed E-state index contributed by atoms with van der Waals surface area (Å²) in [6, 6.07) is 4.79. The van der Waals surface area contributed by atoms with E-state index in [-0.39, 0.29) is 11.5 Å². The molecule has 0 spiro atoms. The molecule has 4 rings (SSSR count). The van der Waals surface area contributed by atoms with Gasteiger partial charge in [0.2, 0.25) is 5.91 Å². The molecule has 0 radical (unpaired) electrons. The van der Waals surface area contributed by atoms with Crippen LogP contribution < -0.4 is 15.9 Å². The topological polar surface area (TPSA) is 84.5 Å². The normalized spacial score (nSPS) is 16.9. The number of fused-ring (bicyclic) bond motifs is 1. The smallest absolute Gasteiger partial charge is 0.352 e. The first-order valence-corrected chi connectivity index (χ1v) is 9.39. The monoisotopic (exact) mass is 402 g/mol. The molecule has 8 nitrogen and oxygen atoms in total. The molecule has 2 aromatic heterocycles. The number of nitrogens with one attached hydrogen (secondary N) is 1. The van der Waals surface area contributed by atoms with Crippen LogP contribution in [-0.4, -0.2) is 37.7 Å². The third-order valence-electron chi connectivity index (χ3n) is 4.98. The van der Waals surface area contributed by atoms with Crippen molar-refractivity contribution in [2.75, 3.05) is 16.8 Å². The first kappa shape index (κ1) is 19.0. The van der Waals surface area contributed by atoms with Gasteiger partial charge in [-0.05, 0) is 44.4 Å². The highest BCUT2D eigenvalue weighted by atomic mass is 19.1. The van der Waals surface area contributed by atoms with Gasteiger partial charge in [-0.25, -0.2) is 22.7 Å². The fourth-order valence-electron chi connectivity index (χ4n) is 3.56. The molecular formula is C19H20F2N6O2. The quantitative estimate of drug-likeness (QED) is 0.723. The summed E-state index contributed by atoms with van der Waals surface area (Å²) < 4.78 is 28.7. The van der Waals surface area contributed by atoms with Crippen molar-refractivity contribution in [3.8, 4) is 0 Å². The summed E-state index contributed by atoms with van der Waals surface area (Å²) in [5, 5.41) is 6.49. The molecule has 0 saturated carbocycles. The van der Waals surface area contributed by atoms with E-state index in [1.54, 1.807) is 12.3 Å². The molecule has 1 atom stereocenters. The van der Waals surface area contributed by atoms with Gasteiger partial charge >= 0.3 is 5.69 Å². The van der Waals surface area contributed by atoms with Gasteiger partial charge in [0.15, 0.2) is 0 Å². The largest absolute Gasteiger partial charge is 0.354 e. The molecule has 1 fully saturated rings. The zero-order chi connectivity index (χ0) is 20.5. The molecule has 29 heavy (non-hydrogen) atoms. The molecule has 1 N–H and O–H groups in total. The molecule has 1 saturated heterocycles. The zero-order valence-corrected chi connectivity index (χ0v) is 15.8. The summed E-state index contributed by atoms with van der Waals surface area (Å²) in [6.45, 7) is 2.62. The average Bonchev–Trinajstić information content (AvgIpc) is 2.96. The number of carbonyl (C=O) groups is 1. The number of aromatic nitrogens is 4. The molecule has 10 heteroatoms. The fourth-order valence-corrected chi connectivity index (χ4v) is 3.56. The van der Waals surface area contributed by atoms with Crippen LogP contribution in [-0.2, 0) is 11.3 Å². The Labute approximate surface area is 164 Å². The van der Waals surface area contributed by atoms with Crippen LogP contribution in [0.5, 0.6) is 0 Å². The van der Waals surface area contributed by atoms with Crippen molar-refractivity contribution in [1.82, 2.24) is 19.2 Å². The number of rotatable bonds is 4. The lowest BCUT2D eigenvalue weighted by atomic mass is 10.0. The minimum Gasteiger partial charge on any atom is -0.354 e. The van der Waals surface area contributed by atoms with Crippen LogP contribution >= 0.6 is 0 Å². The van der Waals surface area contributed by atoms with Gasteiger partial charge in [-0.1, -0.05) is 0 Å². The Balaban J connectivity index is 1.55. The van der Waals surface area contributed by atoms with Crippen molar-refractivity contribution in [3.05, 3.63) is 52.6 Å². The van der Waals surface area contributed by atoms with Gasteiger partial charge in [-0.2, -0.15) is 4.98 Å². The number of benzene rings is 1. The van der Waals surface area contributed by atoms with Crippen LogP contribution in [0.2, 0.25) is 0 Å². The van der Waals surface area contributed by atoms with E-state index in [0.29, 0.717) is 12.1 Å². The predicted octanol–water partition coefficient (Wildman–Crippen LogP) is 2.19. The van der Waals surface area contributed by atoms with Crippen LogP contribution in [0.15, 0.2) is 35.3 Å². The number of halogens is 2. The Kier molecular flexibility index (Phi) is 4.99. The number of amides is 1. The van der Waals surface area contributed by atoms with Crippen LogP contribution in [0.3, 0.4) is 0 Å². The summed E-state index contributed by atoms with van der Waals surface area (Å²) in [5.74, 6) is -1.33. The van der Waals surface area contributed by atoms with E-state index in [1.807, 2.05) is 0 Å². The maximum Gasteiger partial charge on any atom is 0.352 e. The summed E-state index contributed by atoms with van der Waals surface area (Å²) in [7, 11) is 0. The van der Waals surface area contributed by atoms with Gasteiger partial charge in [0.05, 0.1) is 0 Å². The van der Waals surface area contributed by atoms with E-state index in [4.69, 9.17) is 0 Å². The van der Waals surface area contributed by atoms with E-state index in [2.05, 4.69) is 27.2 Å². The minimum absolute atomic E-state index is 0.0381. The number of nitrogens with zero attached hydrogens (tertiary/aromatic N) is 5. The van der Waals surface area contributed by atoms with Crippen molar-refractivity contribution in [2.45, 2.75) is 38.8 Å². The molecule has 3 heterocycles. The SMILES string of the molecule is C[C@@H]1CCCCN1c1ccn2c(=O)n(CC(=O)Nc3cc(F)cc(F)c3)nc2n1. The van der Waals surface area contributed by atoms with Gasteiger partial charge in [0.1, 0.15) is 24.0 Å². The molecular weight excluding hydrogens is 382 g/mol. The Bertz CT molecular complexity index is 1110. The molecule has 0 aliphatic carbocycles. The first-order valence-electron chi connectivity index (χ1n) is 9.39. The second-order valence-corrected chi connectivity index (χ2v) is 7.14. The zero-order valence-electron chi connectivity index (χ0n) is 15.8. The number of carbonyl (C=O) groups excluding carboxylic acids is 1. The van der Waals surface area contributed by atoms with Crippen molar-refractivity contribution in [1.29, 1.82) is 0 Å². The van der Waals surface area contributed by atoms with Crippen LogP contribution in [0.1, 0.15) is 26.2 Å². The summed E-state index contributed by atoms with van der Waals surface area (Å²) in [5.41, 5.74) is -0.560. The van der Waals surface area contributed by atoms with Gasteiger partial charge < -0.3 is 10.2 Å². The number of anilines is 2. The lowest BCUT2D eigenvalue weighted by Gasteiger charge is -2.34. The van der Waals surface area contributed by atoms with E-state index >= 15 is 0 Å². The van der Waals surface area contributed by atoms with Crippen molar-refractivity contribution >= 4 is 23.2 Å². The number of piperidine rings is 1. The van der Waals surface area contributed by atoms with Crippen LogP contribution in [0.25, 0.3) is 5.78 Å². The average molecular weight is 402 g/mol. The minimum atomic E-state index is -0.811. The second-order valence-electron chi connectivity index (χ2n) is 7.14. The second kappa shape index (κ2) is 7.61. The summed E-state index contributed by atoms with van der Waals surface area (Å²) >= 11 is 0. The Morgan fingerprint density at radius 1 is 1.24 bits per heavy atom. The summed E-state index contributed by atoms with van der Waals surface area (Å²) in [6.07, 6.45) is 4.93. The van der Waals surface area contributed by atoms with Crippen LogP contribution in [0.4, 0.5) is 20.3 Å². The van der Waals surface area contributed by atoms with Crippen molar-refractivity contribution in [3.63, 3.8) is 0 Å². The Morgan fingerprint density at radius 2 is 2.00 bits per heavy atom. The van der Waals surface area contributed by atoms with Crippen molar-refractivity contribution in [2.24, 2.45) is 0 Å². The Hall–Kier alpha value is -3.30. The number of hydrogen-bond acceptors (Lipinski definition) is 5. The lowest BCUT2D eigenvalue weighted by molar-refractivity contribution is -0.117. The predicted molar refractivity (Wildman–Crippen MR) is 103 cm³/mol. The highest BCUT2D eigenvalue weighted by Gasteiger charge is 2.21. The molecule has 0 bridgehead atoms. The Morgan fingerprint density at radius 3 is 2.72 bits per heavy atom. The van der Waals surface area contributed by atoms with Crippen LogP contribution in [0, 0.1) is 11.6 Å². The van der Waals surface area contributed by atoms with E-state index in [9.17, 15) is 18.4 Å². The molecule has 1 amide bonds. The maximum atomic E-state index is 13.3. The maximum absolute atomic E-state index is 13.3. The fraction of sp³-hybridized carbons (Fsp3) is 0.368. The lowest BCUT2D eigenvalue weighted by Crippen LogP contribution is -2.38. The highest BCUT2D eigenvalue weighted by molar-refractivity contribution is 5.90. The molecule has 1 aliphatic heterocycles. The van der Waals surface area contributed by atoms with Gasteiger partial charge in [0, 0.05) is 30.5 Å². The summed E-state index contributed by atoms with van der Waals surface area (Å²) in [4.78, 5) is 31.3. The van der Waals surface area contributed by atoms with E-state index < -0.39 is 29.8 Å². The van der Waals surface area contributed by atoms with Gasteiger partial charge in [-0.3, -0.25) is 4.79 Å². The third-order valence-corrected chi connectivity index (χ3v) is 4.98. The molecule has 0 unspecified atom stereocenters. The molecule has 1 aromatic carbocycles. The molecule has 152 valence electrons. The molecule has 1 aliphatic rings.